The van der Waals surface area contributed by atoms with E-state index in [2.05, 4.69) is 30.1 Å². The van der Waals surface area contributed by atoms with E-state index in [9.17, 15) is 0 Å². The third kappa shape index (κ3) is 1.96. The van der Waals surface area contributed by atoms with Crippen molar-refractivity contribution in [2.75, 3.05) is 27.2 Å². The predicted octanol–water partition coefficient (Wildman–Crippen LogP) is 2.35. The van der Waals surface area contributed by atoms with E-state index < -0.39 is 0 Å². The second-order valence-electron chi connectivity index (χ2n) is 6.12. The second kappa shape index (κ2) is 4.80. The molecule has 1 aromatic carbocycles. The largest absolute Gasteiger partial charge is 0.497 e. The van der Waals surface area contributed by atoms with Gasteiger partial charge in [0.05, 0.1) is 7.11 Å². The van der Waals surface area contributed by atoms with Crippen molar-refractivity contribution in [1.29, 1.82) is 0 Å². The summed E-state index contributed by atoms with van der Waals surface area (Å²) in [5.74, 6) is 0.970. The molecule has 1 heterocycles. The van der Waals surface area contributed by atoms with Crippen molar-refractivity contribution in [1.82, 2.24) is 4.90 Å². The van der Waals surface area contributed by atoms with Gasteiger partial charge in [-0.1, -0.05) is 12.5 Å². The molecule has 0 spiro atoms. The summed E-state index contributed by atoms with van der Waals surface area (Å²) >= 11 is 0. The minimum Gasteiger partial charge on any atom is -0.497 e. The van der Waals surface area contributed by atoms with E-state index in [0.29, 0.717) is 11.5 Å². The Hall–Kier alpha value is -1.06. The maximum Gasteiger partial charge on any atom is 0.119 e. The zero-order valence-electron chi connectivity index (χ0n) is 12.0. The van der Waals surface area contributed by atoms with E-state index in [0.717, 1.165) is 25.3 Å². The van der Waals surface area contributed by atoms with Gasteiger partial charge < -0.3 is 10.5 Å². The maximum atomic E-state index is 6.12. The SMILES string of the molecule is COc1ccc2c(c1)CCN(C)C2C1(CN)CCC1. The van der Waals surface area contributed by atoms with Crippen molar-refractivity contribution in [3.8, 4) is 5.75 Å². The normalized spacial score (nSPS) is 25.5. The standard InChI is InChI=1S/C16H24N2O/c1-18-9-6-12-10-13(19-2)4-5-14(12)15(18)16(11-17)7-3-8-16/h4-5,10,15H,3,6-9,11,17H2,1-2H3. The first-order chi connectivity index (χ1) is 9.20. The van der Waals surface area contributed by atoms with Gasteiger partial charge in [0.15, 0.2) is 0 Å². The highest BCUT2D eigenvalue weighted by atomic mass is 16.5. The molecule has 1 fully saturated rings. The molecule has 3 heteroatoms. The summed E-state index contributed by atoms with van der Waals surface area (Å²) in [6, 6.07) is 7.04. The van der Waals surface area contributed by atoms with Gasteiger partial charge >= 0.3 is 0 Å². The number of methoxy groups -OCH3 is 1. The summed E-state index contributed by atoms with van der Waals surface area (Å²) in [5.41, 5.74) is 9.35. The number of benzene rings is 1. The van der Waals surface area contributed by atoms with E-state index in [1.807, 2.05) is 0 Å². The fourth-order valence-electron chi connectivity index (χ4n) is 3.87. The molecule has 104 valence electrons. The molecule has 2 aliphatic rings. The lowest BCUT2D eigenvalue weighted by atomic mass is 9.61. The van der Waals surface area contributed by atoms with Crippen LogP contribution in [0.1, 0.15) is 36.4 Å². The van der Waals surface area contributed by atoms with E-state index in [-0.39, 0.29) is 0 Å². The molecule has 1 aromatic rings. The van der Waals surface area contributed by atoms with E-state index >= 15 is 0 Å². The van der Waals surface area contributed by atoms with E-state index in [1.54, 1.807) is 7.11 Å². The monoisotopic (exact) mass is 260 g/mol. The highest BCUT2D eigenvalue weighted by Gasteiger charge is 2.47. The van der Waals surface area contributed by atoms with Crippen LogP contribution in [0, 0.1) is 5.41 Å². The lowest BCUT2D eigenvalue weighted by Gasteiger charge is -2.52. The smallest absolute Gasteiger partial charge is 0.119 e. The average Bonchev–Trinajstić information content (AvgIpc) is 2.40. The van der Waals surface area contributed by atoms with Crippen LogP contribution in [0.4, 0.5) is 0 Å². The molecular weight excluding hydrogens is 236 g/mol. The molecule has 3 nitrogen and oxygen atoms in total. The highest BCUT2D eigenvalue weighted by Crippen LogP contribution is 2.53. The predicted molar refractivity (Wildman–Crippen MR) is 77.4 cm³/mol. The van der Waals surface area contributed by atoms with Crippen LogP contribution in [0.2, 0.25) is 0 Å². The first-order valence-corrected chi connectivity index (χ1v) is 7.27. The first-order valence-electron chi connectivity index (χ1n) is 7.27. The lowest BCUT2D eigenvalue weighted by Crippen LogP contribution is -2.50. The fraction of sp³-hybridized carbons (Fsp3) is 0.625. The van der Waals surface area contributed by atoms with Crippen LogP contribution >= 0.6 is 0 Å². The molecule has 1 unspecified atom stereocenters. The first kappa shape index (κ1) is 12.9. The van der Waals surface area contributed by atoms with Crippen LogP contribution in [0.25, 0.3) is 0 Å². The molecule has 0 saturated heterocycles. The highest BCUT2D eigenvalue weighted by molar-refractivity contribution is 5.40. The summed E-state index contributed by atoms with van der Waals surface area (Å²) in [6.45, 7) is 1.92. The molecule has 0 bridgehead atoms. The van der Waals surface area contributed by atoms with Gasteiger partial charge in [-0.05, 0) is 56.1 Å². The van der Waals surface area contributed by atoms with Crippen molar-refractivity contribution in [2.24, 2.45) is 11.1 Å². The second-order valence-corrected chi connectivity index (χ2v) is 6.12. The fourth-order valence-corrected chi connectivity index (χ4v) is 3.87. The molecular formula is C16H24N2O. The minimum absolute atomic E-state index is 0.304. The van der Waals surface area contributed by atoms with Gasteiger partial charge in [0.1, 0.15) is 5.75 Å². The molecule has 0 radical (unpaired) electrons. The number of nitrogens with two attached hydrogens (primary N) is 1. The van der Waals surface area contributed by atoms with Gasteiger partial charge in [-0.3, -0.25) is 4.90 Å². The Morgan fingerprint density at radius 3 is 2.79 bits per heavy atom. The Morgan fingerprint density at radius 2 is 2.21 bits per heavy atom. The number of rotatable bonds is 3. The summed E-state index contributed by atoms with van der Waals surface area (Å²) in [5, 5.41) is 0. The summed E-state index contributed by atoms with van der Waals surface area (Å²) < 4.78 is 5.36. The number of hydrogen-bond acceptors (Lipinski definition) is 3. The van der Waals surface area contributed by atoms with Crippen molar-refractivity contribution in [3.05, 3.63) is 29.3 Å². The van der Waals surface area contributed by atoms with Gasteiger partial charge in [0.25, 0.3) is 0 Å². The number of hydrogen-bond donors (Lipinski definition) is 1. The van der Waals surface area contributed by atoms with Gasteiger partial charge in [0, 0.05) is 18.0 Å². The third-order valence-electron chi connectivity index (χ3n) is 5.16. The Kier molecular flexibility index (Phi) is 3.27. The lowest BCUT2D eigenvalue weighted by molar-refractivity contribution is 0.0104. The van der Waals surface area contributed by atoms with E-state index in [4.69, 9.17) is 10.5 Å². The summed E-state index contributed by atoms with van der Waals surface area (Å²) in [4.78, 5) is 2.50. The van der Waals surface area contributed by atoms with Crippen molar-refractivity contribution < 1.29 is 4.74 Å². The van der Waals surface area contributed by atoms with Crippen LogP contribution in [-0.4, -0.2) is 32.1 Å². The van der Waals surface area contributed by atoms with Gasteiger partial charge in [-0.2, -0.15) is 0 Å². The zero-order chi connectivity index (χ0) is 13.5. The van der Waals surface area contributed by atoms with Crippen molar-refractivity contribution >= 4 is 0 Å². The molecule has 2 N–H and O–H groups in total. The van der Waals surface area contributed by atoms with Crippen molar-refractivity contribution in [2.45, 2.75) is 31.7 Å². The van der Waals surface area contributed by atoms with Crippen molar-refractivity contribution in [3.63, 3.8) is 0 Å². The minimum atomic E-state index is 0.304. The topological polar surface area (TPSA) is 38.5 Å². The Bertz CT molecular complexity index is 462. The molecule has 0 amide bonds. The summed E-state index contributed by atoms with van der Waals surface area (Å²) in [6.07, 6.45) is 4.97. The van der Waals surface area contributed by atoms with Gasteiger partial charge in [-0.25, -0.2) is 0 Å². The number of likely N-dealkylation sites (N-methyl/N-ethyl adjacent to an activating group) is 1. The van der Waals surface area contributed by atoms with Crippen LogP contribution in [0.3, 0.4) is 0 Å². The Balaban J connectivity index is 2.01. The molecule has 0 aromatic heterocycles. The molecule has 1 aliphatic carbocycles. The van der Waals surface area contributed by atoms with E-state index in [1.165, 1.54) is 30.4 Å². The van der Waals surface area contributed by atoms with Crippen LogP contribution in [0.5, 0.6) is 5.75 Å². The molecule has 1 saturated carbocycles. The Morgan fingerprint density at radius 1 is 1.42 bits per heavy atom. The molecule has 19 heavy (non-hydrogen) atoms. The zero-order valence-corrected chi connectivity index (χ0v) is 12.0. The van der Waals surface area contributed by atoms with Crippen LogP contribution in [-0.2, 0) is 6.42 Å². The van der Waals surface area contributed by atoms with Crippen LogP contribution < -0.4 is 10.5 Å². The molecule has 1 atom stereocenters. The summed E-state index contributed by atoms with van der Waals surface area (Å²) in [7, 11) is 3.98. The molecule has 1 aliphatic heterocycles. The number of fused-ring (bicyclic) bond motifs is 1. The quantitative estimate of drug-likeness (QED) is 0.906. The van der Waals surface area contributed by atoms with Gasteiger partial charge in [-0.15, -0.1) is 0 Å². The maximum absolute atomic E-state index is 6.12. The molecule has 3 rings (SSSR count). The average molecular weight is 260 g/mol. The van der Waals surface area contributed by atoms with Crippen LogP contribution in [0.15, 0.2) is 18.2 Å². The third-order valence-corrected chi connectivity index (χ3v) is 5.16. The number of nitrogens with zero attached hydrogens (tertiary/aromatic N) is 1. The number of ether oxygens (including phenoxy) is 1. The Labute approximate surface area is 115 Å². The van der Waals surface area contributed by atoms with Gasteiger partial charge in [0.2, 0.25) is 0 Å².